The van der Waals surface area contributed by atoms with Gasteiger partial charge < -0.3 is 10.1 Å². The molecule has 0 bridgehead atoms. The molecule has 1 aromatic rings. The maximum Gasteiger partial charge on any atom is 0.414 e. The third kappa shape index (κ3) is 10.8. The zero-order valence-corrected chi connectivity index (χ0v) is 16.6. The maximum atomic E-state index is 11.6. The van der Waals surface area contributed by atoms with Crippen molar-refractivity contribution in [2.45, 2.75) is 54.6 Å². The minimum Gasteiger partial charge on any atom is -0.442 e. The summed E-state index contributed by atoms with van der Waals surface area (Å²) in [6.07, 6.45) is -0.654. The maximum absolute atomic E-state index is 11.6. The molecule has 1 fully saturated rings. The highest BCUT2D eigenvalue weighted by atomic mass is 16.6. The third-order valence-electron chi connectivity index (χ3n) is 2.77. The molecule has 0 saturated carbocycles. The Balaban J connectivity index is 0. The molecule has 2 rings (SSSR count). The Kier molecular flexibility index (Phi) is 16.2. The summed E-state index contributed by atoms with van der Waals surface area (Å²) in [4.78, 5) is 24.0. The molecule has 1 aromatic carbocycles. The molecule has 0 radical (unpaired) electrons. The van der Waals surface area contributed by atoms with Crippen LogP contribution in [0.5, 0.6) is 0 Å². The average Bonchev–Trinajstić information content (AvgIpc) is 3.05. The number of anilines is 1. The Bertz CT molecular complexity index is 527. The molecule has 1 heterocycles. The molecule has 0 aromatic heterocycles. The van der Waals surface area contributed by atoms with E-state index in [0.717, 1.165) is 5.69 Å². The van der Waals surface area contributed by atoms with Crippen LogP contribution in [0.3, 0.4) is 0 Å². The quantitative estimate of drug-likeness (QED) is 0.832. The number of hydrogen-bond donors (Lipinski definition) is 1. The lowest BCUT2D eigenvalue weighted by Gasteiger charge is -2.12. The van der Waals surface area contributed by atoms with Crippen LogP contribution in [0.15, 0.2) is 30.3 Å². The van der Waals surface area contributed by atoms with Crippen LogP contribution in [-0.4, -0.2) is 31.2 Å². The van der Waals surface area contributed by atoms with Crippen LogP contribution in [0, 0.1) is 11.8 Å². The number of hydrogen-bond acceptors (Lipinski definition) is 3. The molecule has 0 unspecified atom stereocenters. The van der Waals surface area contributed by atoms with Crippen molar-refractivity contribution < 1.29 is 14.3 Å². The van der Waals surface area contributed by atoms with Crippen molar-refractivity contribution in [2.75, 3.05) is 18.0 Å². The van der Waals surface area contributed by atoms with Gasteiger partial charge in [0.1, 0.15) is 6.10 Å². The molecule has 1 saturated heterocycles. The van der Waals surface area contributed by atoms with Crippen molar-refractivity contribution in [1.82, 2.24) is 5.32 Å². The SMILES string of the molecule is CC.CC.CC#CC.CC(=O)NC[C@H]1CN(c2ccccc2)C(=O)O1. The van der Waals surface area contributed by atoms with E-state index >= 15 is 0 Å². The first-order valence-electron chi connectivity index (χ1n) is 8.69. The van der Waals surface area contributed by atoms with E-state index < -0.39 is 0 Å². The van der Waals surface area contributed by atoms with Gasteiger partial charge in [-0.1, -0.05) is 45.9 Å². The highest BCUT2D eigenvalue weighted by Gasteiger charge is 2.32. The van der Waals surface area contributed by atoms with E-state index in [1.165, 1.54) is 6.92 Å². The lowest BCUT2D eigenvalue weighted by Crippen LogP contribution is -2.33. The fourth-order valence-corrected chi connectivity index (χ4v) is 1.70. The lowest BCUT2D eigenvalue weighted by atomic mass is 10.3. The van der Waals surface area contributed by atoms with E-state index in [0.29, 0.717) is 13.1 Å². The largest absolute Gasteiger partial charge is 0.442 e. The van der Waals surface area contributed by atoms with E-state index in [2.05, 4.69) is 17.2 Å². The molecule has 1 aliphatic rings. The molecule has 140 valence electrons. The molecule has 2 amide bonds. The summed E-state index contributed by atoms with van der Waals surface area (Å²) in [5.74, 6) is 5.24. The summed E-state index contributed by atoms with van der Waals surface area (Å²) in [6, 6.07) is 9.32. The Morgan fingerprint density at radius 1 is 1.16 bits per heavy atom. The van der Waals surface area contributed by atoms with Crippen molar-refractivity contribution >= 4 is 17.7 Å². The van der Waals surface area contributed by atoms with Gasteiger partial charge in [-0.15, -0.1) is 11.8 Å². The predicted molar refractivity (Wildman–Crippen MR) is 105 cm³/mol. The Morgan fingerprint density at radius 2 is 1.68 bits per heavy atom. The summed E-state index contributed by atoms with van der Waals surface area (Å²) in [7, 11) is 0. The van der Waals surface area contributed by atoms with Gasteiger partial charge in [0.05, 0.1) is 13.1 Å². The molecular weight excluding hydrogens is 316 g/mol. The standard InChI is InChI=1S/C12H14N2O3.C4H6.2C2H6/c1-9(15)13-7-11-8-14(12(16)17-11)10-5-3-2-4-6-10;1-3-4-2;2*1-2/h2-6,11H,7-8H2,1H3,(H,13,15);1-2H3;2*1-2H3/t11-;;;/m0.../s1. The summed E-state index contributed by atoms with van der Waals surface area (Å²) in [6.45, 7) is 13.9. The lowest BCUT2D eigenvalue weighted by molar-refractivity contribution is -0.119. The second-order valence-electron chi connectivity index (χ2n) is 4.39. The Labute approximate surface area is 152 Å². The van der Waals surface area contributed by atoms with Crippen LogP contribution in [0.4, 0.5) is 10.5 Å². The van der Waals surface area contributed by atoms with Crippen LogP contribution >= 0.6 is 0 Å². The number of rotatable bonds is 3. The van der Waals surface area contributed by atoms with Gasteiger partial charge >= 0.3 is 6.09 Å². The van der Waals surface area contributed by atoms with Crippen molar-refractivity contribution in [3.05, 3.63) is 30.3 Å². The molecule has 25 heavy (non-hydrogen) atoms. The predicted octanol–water partition coefficient (Wildman–Crippen LogP) is 4.23. The minimum atomic E-state index is -0.369. The molecule has 0 aliphatic carbocycles. The van der Waals surface area contributed by atoms with Gasteiger partial charge in [0.15, 0.2) is 0 Å². The highest BCUT2D eigenvalue weighted by Crippen LogP contribution is 2.20. The number of carbonyl (C=O) groups is 2. The normalized spacial score (nSPS) is 14.0. The van der Waals surface area contributed by atoms with E-state index in [4.69, 9.17) is 4.74 Å². The number of benzene rings is 1. The molecule has 5 heteroatoms. The minimum absolute atomic E-state index is 0.126. The van der Waals surface area contributed by atoms with Crippen LogP contribution in [0.25, 0.3) is 0 Å². The van der Waals surface area contributed by atoms with Crippen molar-refractivity contribution in [3.8, 4) is 11.8 Å². The summed E-state index contributed by atoms with van der Waals surface area (Å²) < 4.78 is 5.15. The molecule has 1 aliphatic heterocycles. The van der Waals surface area contributed by atoms with Crippen LogP contribution < -0.4 is 10.2 Å². The zero-order chi connectivity index (χ0) is 19.7. The molecule has 1 atom stereocenters. The summed E-state index contributed by atoms with van der Waals surface area (Å²) in [5, 5.41) is 2.64. The number of ether oxygens (including phenoxy) is 1. The van der Waals surface area contributed by atoms with Crippen LogP contribution in [0.2, 0.25) is 0 Å². The number of cyclic esters (lactones) is 1. The average molecular weight is 348 g/mol. The number of amides is 2. The zero-order valence-electron chi connectivity index (χ0n) is 16.6. The number of nitrogens with zero attached hydrogens (tertiary/aromatic N) is 1. The van der Waals surface area contributed by atoms with Crippen LogP contribution in [-0.2, 0) is 9.53 Å². The van der Waals surface area contributed by atoms with Gasteiger partial charge in [-0.25, -0.2) is 4.79 Å². The first-order valence-corrected chi connectivity index (χ1v) is 8.69. The fourth-order valence-electron chi connectivity index (χ4n) is 1.70. The molecular formula is C20H32N2O3. The first kappa shape index (κ1) is 24.8. The summed E-state index contributed by atoms with van der Waals surface area (Å²) in [5.41, 5.74) is 0.808. The van der Waals surface area contributed by atoms with Crippen molar-refractivity contribution in [2.24, 2.45) is 0 Å². The Morgan fingerprint density at radius 3 is 2.12 bits per heavy atom. The van der Waals surface area contributed by atoms with Crippen molar-refractivity contribution in [3.63, 3.8) is 0 Å². The van der Waals surface area contributed by atoms with Gasteiger partial charge in [-0.05, 0) is 26.0 Å². The number of carbonyl (C=O) groups excluding carboxylic acids is 2. The molecule has 0 spiro atoms. The molecule has 5 nitrogen and oxygen atoms in total. The van der Waals surface area contributed by atoms with E-state index in [9.17, 15) is 9.59 Å². The van der Waals surface area contributed by atoms with Crippen molar-refractivity contribution in [1.29, 1.82) is 0 Å². The van der Waals surface area contributed by atoms with Gasteiger partial charge in [0.2, 0.25) is 5.91 Å². The van der Waals surface area contributed by atoms with E-state index in [-0.39, 0.29) is 18.1 Å². The Hall–Kier alpha value is -2.48. The van der Waals surface area contributed by atoms with Gasteiger partial charge in [0.25, 0.3) is 0 Å². The van der Waals surface area contributed by atoms with Gasteiger partial charge in [-0.2, -0.15) is 0 Å². The highest BCUT2D eigenvalue weighted by molar-refractivity contribution is 5.89. The van der Waals surface area contributed by atoms with E-state index in [1.54, 1.807) is 4.90 Å². The molecule has 1 N–H and O–H groups in total. The number of nitrogens with one attached hydrogen (secondary N) is 1. The number of para-hydroxylation sites is 1. The topological polar surface area (TPSA) is 58.6 Å². The monoisotopic (exact) mass is 348 g/mol. The van der Waals surface area contributed by atoms with E-state index in [1.807, 2.05) is 71.9 Å². The third-order valence-corrected chi connectivity index (χ3v) is 2.77. The summed E-state index contributed by atoms with van der Waals surface area (Å²) >= 11 is 0. The van der Waals surface area contributed by atoms with Gasteiger partial charge in [-0.3, -0.25) is 9.69 Å². The van der Waals surface area contributed by atoms with Gasteiger partial charge in [0, 0.05) is 12.6 Å². The van der Waals surface area contributed by atoms with Crippen LogP contribution in [0.1, 0.15) is 48.5 Å². The second-order valence-corrected chi connectivity index (χ2v) is 4.39. The fraction of sp³-hybridized carbons (Fsp3) is 0.500. The second kappa shape index (κ2) is 16.4. The first-order chi connectivity index (χ1) is 12.1. The smallest absolute Gasteiger partial charge is 0.414 e.